The van der Waals surface area contributed by atoms with Gasteiger partial charge in [-0.05, 0) is 24.3 Å². The van der Waals surface area contributed by atoms with Crippen molar-refractivity contribution in [2.75, 3.05) is 33.3 Å². The molecule has 26 heavy (non-hydrogen) atoms. The number of hydrogen-bond donors (Lipinski definition) is 0. The summed E-state index contributed by atoms with van der Waals surface area (Å²) in [5.74, 6) is 1.43. The van der Waals surface area contributed by atoms with E-state index in [1.165, 1.54) is 11.3 Å². The van der Waals surface area contributed by atoms with Crippen LogP contribution in [-0.2, 0) is 11.4 Å². The Labute approximate surface area is 156 Å². The van der Waals surface area contributed by atoms with Crippen molar-refractivity contribution in [3.8, 4) is 11.5 Å². The van der Waals surface area contributed by atoms with Crippen molar-refractivity contribution >= 4 is 23.2 Å². The van der Waals surface area contributed by atoms with Gasteiger partial charge in [-0.15, -0.1) is 11.3 Å². The number of rotatable bonds is 5. The monoisotopic (exact) mass is 375 g/mol. The van der Waals surface area contributed by atoms with Crippen LogP contribution < -0.4 is 9.47 Å². The third kappa shape index (κ3) is 4.32. The molecule has 1 aliphatic rings. The van der Waals surface area contributed by atoms with Gasteiger partial charge in [0, 0.05) is 38.5 Å². The summed E-state index contributed by atoms with van der Waals surface area (Å²) in [5, 5.41) is 2.50. The van der Waals surface area contributed by atoms with Gasteiger partial charge in [-0.2, -0.15) is 0 Å². The molecule has 8 heteroatoms. The van der Waals surface area contributed by atoms with Crippen molar-refractivity contribution in [1.82, 2.24) is 14.8 Å². The Balaban J connectivity index is 1.53. The van der Waals surface area contributed by atoms with E-state index in [4.69, 9.17) is 9.47 Å². The molecule has 1 fully saturated rings. The summed E-state index contributed by atoms with van der Waals surface area (Å²) in [4.78, 5) is 31.8. The highest BCUT2D eigenvalue weighted by molar-refractivity contribution is 7.09. The number of aromatic nitrogens is 1. The molecule has 2 heterocycles. The van der Waals surface area contributed by atoms with Gasteiger partial charge in [0.2, 0.25) is 5.91 Å². The molecule has 0 N–H and O–H groups in total. The van der Waals surface area contributed by atoms with Crippen molar-refractivity contribution in [3.63, 3.8) is 0 Å². The van der Waals surface area contributed by atoms with Crippen LogP contribution in [0.5, 0.6) is 11.5 Å². The van der Waals surface area contributed by atoms with Gasteiger partial charge in [-0.3, -0.25) is 9.59 Å². The first kappa shape index (κ1) is 18.2. The molecular formula is C18H21N3O4S. The maximum absolute atomic E-state index is 12.5. The van der Waals surface area contributed by atoms with E-state index in [2.05, 4.69) is 4.98 Å². The molecule has 1 aliphatic heterocycles. The van der Waals surface area contributed by atoms with Gasteiger partial charge >= 0.3 is 0 Å². The zero-order chi connectivity index (χ0) is 18.5. The minimum absolute atomic E-state index is 0.0451. The molecule has 0 bridgehead atoms. The van der Waals surface area contributed by atoms with Gasteiger partial charge in [0.1, 0.15) is 28.8 Å². The predicted molar refractivity (Wildman–Crippen MR) is 97.6 cm³/mol. The summed E-state index contributed by atoms with van der Waals surface area (Å²) >= 11 is 1.40. The van der Waals surface area contributed by atoms with Crippen molar-refractivity contribution in [1.29, 1.82) is 0 Å². The first-order chi connectivity index (χ1) is 12.6. The van der Waals surface area contributed by atoms with Gasteiger partial charge in [-0.25, -0.2) is 4.98 Å². The van der Waals surface area contributed by atoms with Gasteiger partial charge < -0.3 is 19.3 Å². The fourth-order valence-electron chi connectivity index (χ4n) is 2.68. The summed E-state index contributed by atoms with van der Waals surface area (Å²) < 4.78 is 10.8. The van der Waals surface area contributed by atoms with E-state index in [1.807, 2.05) is 24.3 Å². The van der Waals surface area contributed by atoms with E-state index < -0.39 is 0 Å². The predicted octanol–water partition coefficient (Wildman–Crippen LogP) is 2.04. The Morgan fingerprint density at radius 3 is 2.31 bits per heavy atom. The Kier molecular flexibility index (Phi) is 5.72. The van der Waals surface area contributed by atoms with Gasteiger partial charge in [0.05, 0.1) is 7.11 Å². The lowest BCUT2D eigenvalue weighted by atomic mass is 10.3. The molecule has 138 valence electrons. The number of amides is 2. The molecule has 7 nitrogen and oxygen atoms in total. The highest BCUT2D eigenvalue weighted by Gasteiger charge is 2.24. The maximum atomic E-state index is 12.5. The summed E-state index contributed by atoms with van der Waals surface area (Å²) in [6.07, 6.45) is 0. The second-order valence-electron chi connectivity index (χ2n) is 5.89. The number of piperazine rings is 1. The van der Waals surface area contributed by atoms with Crippen LogP contribution >= 0.6 is 11.3 Å². The molecule has 3 rings (SSSR count). The Morgan fingerprint density at radius 1 is 1.08 bits per heavy atom. The fourth-order valence-corrected chi connectivity index (χ4v) is 3.36. The summed E-state index contributed by atoms with van der Waals surface area (Å²) in [7, 11) is 1.62. The second kappa shape index (κ2) is 8.18. The second-order valence-corrected chi connectivity index (χ2v) is 6.83. The molecule has 0 spiro atoms. The number of ether oxygens (including phenoxy) is 2. The topological polar surface area (TPSA) is 72.0 Å². The van der Waals surface area contributed by atoms with Crippen LogP contribution in [0.1, 0.15) is 22.4 Å². The Morgan fingerprint density at radius 2 is 1.69 bits per heavy atom. The normalized spacial score (nSPS) is 14.2. The van der Waals surface area contributed by atoms with E-state index in [0.29, 0.717) is 44.2 Å². The quantitative estimate of drug-likeness (QED) is 0.800. The van der Waals surface area contributed by atoms with Crippen molar-refractivity contribution < 1.29 is 19.1 Å². The number of carbonyl (C=O) groups is 2. The van der Waals surface area contributed by atoms with Crippen LogP contribution in [0.15, 0.2) is 29.6 Å². The van der Waals surface area contributed by atoms with E-state index in [0.717, 1.165) is 10.8 Å². The lowest BCUT2D eigenvalue weighted by Gasteiger charge is -2.33. The largest absolute Gasteiger partial charge is 0.497 e. The fraction of sp³-hybridized carbons (Fsp3) is 0.389. The number of carbonyl (C=O) groups excluding carboxylic acids is 2. The van der Waals surface area contributed by atoms with Gasteiger partial charge in [-0.1, -0.05) is 0 Å². The first-order valence-corrected chi connectivity index (χ1v) is 9.21. The minimum atomic E-state index is -0.0971. The van der Waals surface area contributed by atoms with E-state index in [-0.39, 0.29) is 11.8 Å². The molecular weight excluding hydrogens is 354 g/mol. The van der Waals surface area contributed by atoms with E-state index in [1.54, 1.807) is 29.2 Å². The maximum Gasteiger partial charge on any atom is 0.273 e. The van der Waals surface area contributed by atoms with Crippen LogP contribution in [0.4, 0.5) is 0 Å². The standard InChI is InChI=1S/C18H21N3O4S/c1-13(22)20-7-9-21(10-8-20)18(23)16-12-26-17(19-16)11-25-15-5-3-14(24-2)4-6-15/h3-6,12H,7-11H2,1-2H3. The molecule has 0 saturated carbocycles. The number of thiazole rings is 1. The molecule has 1 aromatic heterocycles. The van der Waals surface area contributed by atoms with E-state index >= 15 is 0 Å². The molecule has 1 saturated heterocycles. The number of benzene rings is 1. The van der Waals surface area contributed by atoms with Crippen LogP contribution in [-0.4, -0.2) is 59.9 Å². The summed E-state index contributed by atoms with van der Waals surface area (Å²) in [6.45, 7) is 4.06. The third-order valence-corrected chi connectivity index (χ3v) is 5.03. The van der Waals surface area contributed by atoms with Gasteiger partial charge in [0.15, 0.2) is 0 Å². The average Bonchev–Trinajstić information content (AvgIpc) is 3.15. The van der Waals surface area contributed by atoms with Crippen molar-refractivity contribution in [2.45, 2.75) is 13.5 Å². The Hall–Kier alpha value is -2.61. The molecule has 0 atom stereocenters. The lowest BCUT2D eigenvalue weighted by Crippen LogP contribution is -2.50. The molecule has 0 radical (unpaired) electrons. The smallest absolute Gasteiger partial charge is 0.273 e. The lowest BCUT2D eigenvalue weighted by molar-refractivity contribution is -0.130. The van der Waals surface area contributed by atoms with Crippen molar-refractivity contribution in [2.24, 2.45) is 0 Å². The summed E-state index contributed by atoms with van der Waals surface area (Å²) in [5.41, 5.74) is 0.430. The van der Waals surface area contributed by atoms with Crippen molar-refractivity contribution in [3.05, 3.63) is 40.3 Å². The number of hydrogen-bond acceptors (Lipinski definition) is 6. The highest BCUT2D eigenvalue weighted by Crippen LogP contribution is 2.20. The molecule has 1 aromatic carbocycles. The number of nitrogens with zero attached hydrogens (tertiary/aromatic N) is 3. The van der Waals surface area contributed by atoms with Crippen LogP contribution in [0.2, 0.25) is 0 Å². The zero-order valence-corrected chi connectivity index (χ0v) is 15.6. The first-order valence-electron chi connectivity index (χ1n) is 8.33. The SMILES string of the molecule is COc1ccc(OCc2nc(C(=O)N3CCN(C(C)=O)CC3)cs2)cc1. The average molecular weight is 375 g/mol. The van der Waals surface area contributed by atoms with Crippen LogP contribution in [0.3, 0.4) is 0 Å². The van der Waals surface area contributed by atoms with Crippen LogP contribution in [0.25, 0.3) is 0 Å². The highest BCUT2D eigenvalue weighted by atomic mass is 32.1. The molecule has 0 unspecified atom stereocenters. The molecule has 2 aromatic rings. The Bertz CT molecular complexity index is 767. The van der Waals surface area contributed by atoms with E-state index in [9.17, 15) is 9.59 Å². The summed E-state index contributed by atoms with van der Waals surface area (Å²) in [6, 6.07) is 7.31. The zero-order valence-electron chi connectivity index (χ0n) is 14.8. The number of methoxy groups -OCH3 is 1. The third-order valence-electron chi connectivity index (χ3n) is 4.20. The minimum Gasteiger partial charge on any atom is -0.497 e. The van der Waals surface area contributed by atoms with Gasteiger partial charge in [0.25, 0.3) is 5.91 Å². The molecule has 0 aliphatic carbocycles. The molecule has 2 amide bonds. The van der Waals surface area contributed by atoms with Crippen LogP contribution in [0, 0.1) is 0 Å².